The minimum atomic E-state index is -0.0204. The van der Waals surface area contributed by atoms with Gasteiger partial charge < -0.3 is 9.64 Å². The maximum absolute atomic E-state index is 12.3. The lowest BCUT2D eigenvalue weighted by molar-refractivity contribution is 0.0741. The summed E-state index contributed by atoms with van der Waals surface area (Å²) >= 11 is 9.40. The van der Waals surface area contributed by atoms with Crippen LogP contribution in [0.5, 0.6) is 0 Å². The maximum Gasteiger partial charge on any atom is 0.255 e. The summed E-state index contributed by atoms with van der Waals surface area (Å²) in [5.74, 6) is -0.0204. The minimum Gasteiger partial charge on any atom is -0.380 e. The molecule has 0 aliphatic carbocycles. The summed E-state index contributed by atoms with van der Waals surface area (Å²) in [5, 5.41) is 0.481. The summed E-state index contributed by atoms with van der Waals surface area (Å²) in [6.07, 6.45) is 0.875. The number of benzene rings is 1. The highest BCUT2D eigenvalue weighted by Gasteiger charge is 2.19. The first kappa shape index (κ1) is 12.9. The van der Waals surface area contributed by atoms with Gasteiger partial charge in [0.05, 0.1) is 17.2 Å². The molecule has 1 heterocycles. The molecule has 0 radical (unpaired) electrons. The highest BCUT2D eigenvalue weighted by Crippen LogP contribution is 2.23. The minimum absolute atomic E-state index is 0.0204. The van der Waals surface area contributed by atoms with Gasteiger partial charge in [0.2, 0.25) is 0 Å². The van der Waals surface area contributed by atoms with E-state index in [2.05, 4.69) is 15.9 Å². The van der Waals surface area contributed by atoms with Crippen LogP contribution in [0.2, 0.25) is 5.02 Å². The Bertz CT molecular complexity index is 417. The van der Waals surface area contributed by atoms with Crippen LogP contribution in [0.4, 0.5) is 0 Å². The average molecular weight is 319 g/mol. The summed E-state index contributed by atoms with van der Waals surface area (Å²) in [5.41, 5.74) is 0.553. The molecule has 1 fully saturated rings. The van der Waals surface area contributed by atoms with E-state index in [1.54, 1.807) is 17.0 Å². The summed E-state index contributed by atoms with van der Waals surface area (Å²) in [7, 11) is 0. The number of rotatable bonds is 1. The van der Waals surface area contributed by atoms with E-state index >= 15 is 0 Å². The second-order valence-electron chi connectivity index (χ2n) is 3.88. The van der Waals surface area contributed by atoms with E-state index in [4.69, 9.17) is 16.3 Å². The third-order valence-electron chi connectivity index (χ3n) is 2.67. The molecule has 0 bridgehead atoms. The van der Waals surface area contributed by atoms with Gasteiger partial charge >= 0.3 is 0 Å². The molecule has 0 N–H and O–H groups in total. The van der Waals surface area contributed by atoms with Crippen LogP contribution in [-0.4, -0.2) is 37.1 Å². The summed E-state index contributed by atoms with van der Waals surface area (Å²) in [6, 6.07) is 5.32. The molecule has 1 aromatic carbocycles. The molecule has 1 aliphatic rings. The Labute approximate surface area is 114 Å². The molecule has 1 saturated heterocycles. The van der Waals surface area contributed by atoms with Crippen LogP contribution in [-0.2, 0) is 4.74 Å². The van der Waals surface area contributed by atoms with Crippen molar-refractivity contribution in [3.8, 4) is 0 Å². The van der Waals surface area contributed by atoms with Crippen LogP contribution in [0, 0.1) is 0 Å². The first-order valence-corrected chi connectivity index (χ1v) is 6.67. The summed E-state index contributed by atoms with van der Waals surface area (Å²) in [6.45, 7) is 2.67. The van der Waals surface area contributed by atoms with Crippen molar-refractivity contribution in [2.45, 2.75) is 6.42 Å². The van der Waals surface area contributed by atoms with Crippen molar-refractivity contribution in [1.29, 1.82) is 0 Å². The Morgan fingerprint density at radius 1 is 1.35 bits per heavy atom. The van der Waals surface area contributed by atoms with Crippen molar-refractivity contribution in [3.63, 3.8) is 0 Å². The van der Waals surface area contributed by atoms with Crippen molar-refractivity contribution in [2.75, 3.05) is 26.3 Å². The van der Waals surface area contributed by atoms with Crippen molar-refractivity contribution in [2.24, 2.45) is 0 Å². The van der Waals surface area contributed by atoms with Crippen LogP contribution in [0.25, 0.3) is 0 Å². The molecule has 3 nitrogen and oxygen atoms in total. The fourth-order valence-electron chi connectivity index (χ4n) is 1.78. The van der Waals surface area contributed by atoms with E-state index in [0.717, 1.165) is 24.0 Å². The first-order valence-electron chi connectivity index (χ1n) is 5.50. The largest absolute Gasteiger partial charge is 0.380 e. The SMILES string of the molecule is O=C(c1ccc(Br)cc1Cl)N1CCCOCC1. The number of carbonyl (C=O) groups excluding carboxylic acids is 1. The van der Waals surface area contributed by atoms with E-state index in [9.17, 15) is 4.79 Å². The Kier molecular flexibility index (Phi) is 4.42. The van der Waals surface area contributed by atoms with Gasteiger partial charge in [0.25, 0.3) is 5.91 Å². The monoisotopic (exact) mass is 317 g/mol. The van der Waals surface area contributed by atoms with Gasteiger partial charge in [-0.25, -0.2) is 0 Å². The van der Waals surface area contributed by atoms with Crippen LogP contribution in [0.1, 0.15) is 16.8 Å². The number of carbonyl (C=O) groups is 1. The lowest BCUT2D eigenvalue weighted by Gasteiger charge is -2.20. The molecule has 0 aromatic heterocycles. The predicted molar refractivity (Wildman–Crippen MR) is 70.5 cm³/mol. The average Bonchev–Trinajstić information content (AvgIpc) is 2.56. The summed E-state index contributed by atoms with van der Waals surface area (Å²) < 4.78 is 6.20. The van der Waals surface area contributed by atoms with E-state index < -0.39 is 0 Å². The first-order chi connectivity index (χ1) is 8.18. The molecule has 1 aliphatic heterocycles. The molecule has 1 aromatic rings. The Balaban J connectivity index is 2.17. The fraction of sp³-hybridized carbons (Fsp3) is 0.417. The number of amides is 1. The number of hydrogen-bond donors (Lipinski definition) is 0. The second kappa shape index (κ2) is 5.85. The normalized spacial score (nSPS) is 16.7. The zero-order valence-electron chi connectivity index (χ0n) is 9.29. The highest BCUT2D eigenvalue weighted by atomic mass is 79.9. The summed E-state index contributed by atoms with van der Waals surface area (Å²) in [4.78, 5) is 14.0. The standard InChI is InChI=1S/C12H13BrClNO2/c13-9-2-3-10(11(14)8-9)12(16)15-4-1-6-17-7-5-15/h2-3,8H,1,4-7H2. The van der Waals surface area contributed by atoms with Gasteiger partial charge in [-0.3, -0.25) is 4.79 Å². The van der Waals surface area contributed by atoms with Crippen molar-refractivity contribution in [1.82, 2.24) is 4.90 Å². The molecule has 0 unspecified atom stereocenters. The highest BCUT2D eigenvalue weighted by molar-refractivity contribution is 9.10. The molecule has 0 saturated carbocycles. The van der Waals surface area contributed by atoms with Crippen LogP contribution in [0.3, 0.4) is 0 Å². The van der Waals surface area contributed by atoms with E-state index in [0.29, 0.717) is 23.7 Å². The molecule has 5 heteroatoms. The molecule has 92 valence electrons. The zero-order chi connectivity index (χ0) is 12.3. The second-order valence-corrected chi connectivity index (χ2v) is 5.21. The molecular formula is C12H13BrClNO2. The van der Waals surface area contributed by atoms with Crippen LogP contribution >= 0.6 is 27.5 Å². The molecule has 0 atom stereocenters. The molecule has 2 rings (SSSR count). The number of halogens is 2. The zero-order valence-corrected chi connectivity index (χ0v) is 11.6. The van der Waals surface area contributed by atoms with Crippen molar-refractivity contribution in [3.05, 3.63) is 33.3 Å². The third-order valence-corrected chi connectivity index (χ3v) is 3.48. The Hall–Kier alpha value is -0.580. The molecule has 1 amide bonds. The number of ether oxygens (including phenoxy) is 1. The molecular weight excluding hydrogens is 305 g/mol. The predicted octanol–water partition coefficient (Wildman–Crippen LogP) is 2.97. The van der Waals surface area contributed by atoms with Crippen molar-refractivity contribution < 1.29 is 9.53 Å². The van der Waals surface area contributed by atoms with Crippen LogP contribution < -0.4 is 0 Å². The smallest absolute Gasteiger partial charge is 0.255 e. The van der Waals surface area contributed by atoms with Gasteiger partial charge in [-0.05, 0) is 24.6 Å². The lowest BCUT2D eigenvalue weighted by Crippen LogP contribution is -2.33. The quantitative estimate of drug-likeness (QED) is 0.797. The Morgan fingerprint density at radius 3 is 2.94 bits per heavy atom. The molecule has 17 heavy (non-hydrogen) atoms. The Morgan fingerprint density at radius 2 is 2.18 bits per heavy atom. The number of hydrogen-bond acceptors (Lipinski definition) is 2. The van der Waals surface area contributed by atoms with Gasteiger partial charge in [-0.2, -0.15) is 0 Å². The van der Waals surface area contributed by atoms with Crippen LogP contribution in [0.15, 0.2) is 22.7 Å². The number of nitrogens with zero attached hydrogens (tertiary/aromatic N) is 1. The van der Waals surface area contributed by atoms with Gasteiger partial charge in [0.1, 0.15) is 0 Å². The van der Waals surface area contributed by atoms with E-state index in [1.165, 1.54) is 0 Å². The topological polar surface area (TPSA) is 29.5 Å². The third kappa shape index (κ3) is 3.21. The molecule has 0 spiro atoms. The van der Waals surface area contributed by atoms with Gasteiger partial charge in [0.15, 0.2) is 0 Å². The van der Waals surface area contributed by atoms with Gasteiger partial charge in [-0.1, -0.05) is 27.5 Å². The van der Waals surface area contributed by atoms with Gasteiger partial charge in [-0.15, -0.1) is 0 Å². The van der Waals surface area contributed by atoms with E-state index in [-0.39, 0.29) is 5.91 Å². The lowest BCUT2D eigenvalue weighted by atomic mass is 10.2. The maximum atomic E-state index is 12.3. The van der Waals surface area contributed by atoms with E-state index in [1.807, 2.05) is 6.07 Å². The van der Waals surface area contributed by atoms with Crippen molar-refractivity contribution >= 4 is 33.4 Å². The van der Waals surface area contributed by atoms with Gasteiger partial charge in [0, 0.05) is 24.2 Å². The fourth-order valence-corrected chi connectivity index (χ4v) is 2.54.